The summed E-state index contributed by atoms with van der Waals surface area (Å²) in [6.07, 6.45) is 1.21. The molecule has 0 saturated heterocycles. The van der Waals surface area contributed by atoms with E-state index in [4.69, 9.17) is 10.5 Å². The zero-order chi connectivity index (χ0) is 12.4. The molecule has 0 bridgehead atoms. The molecular weight excluding hydrogens is 212 g/mol. The molecule has 3 heteroatoms. The van der Waals surface area contributed by atoms with Crippen molar-refractivity contribution < 1.29 is 4.74 Å². The molecule has 1 aliphatic rings. The number of nitrogens with zero attached hydrogens (tertiary/aromatic N) is 1. The highest BCUT2D eigenvalue weighted by atomic mass is 16.5. The van der Waals surface area contributed by atoms with Crippen molar-refractivity contribution in [3.63, 3.8) is 0 Å². The van der Waals surface area contributed by atoms with Gasteiger partial charge in [0, 0.05) is 7.05 Å². The average Bonchev–Trinajstić information content (AvgIpc) is 2.30. The molecule has 0 aliphatic carbocycles. The Morgan fingerprint density at radius 3 is 2.88 bits per heavy atom. The summed E-state index contributed by atoms with van der Waals surface area (Å²) in [5.74, 6) is 1.53. The Morgan fingerprint density at radius 2 is 2.24 bits per heavy atom. The normalized spacial score (nSPS) is 19.1. The third kappa shape index (κ3) is 2.55. The highest BCUT2D eigenvalue weighted by molar-refractivity contribution is 5.61. The summed E-state index contributed by atoms with van der Waals surface area (Å²) in [6.45, 7) is 6.05. The molecule has 0 fully saturated rings. The quantitative estimate of drug-likeness (QED) is 0.870. The first-order valence-corrected chi connectivity index (χ1v) is 6.32. The van der Waals surface area contributed by atoms with Gasteiger partial charge in [-0.1, -0.05) is 19.9 Å². The predicted molar refractivity (Wildman–Crippen MR) is 71.7 cm³/mol. The van der Waals surface area contributed by atoms with E-state index in [1.54, 1.807) is 0 Å². The lowest BCUT2D eigenvalue weighted by Crippen LogP contribution is -2.40. The third-order valence-corrected chi connectivity index (χ3v) is 3.34. The number of fused-ring (bicyclic) bond motifs is 1. The van der Waals surface area contributed by atoms with Gasteiger partial charge in [0.1, 0.15) is 11.9 Å². The number of rotatable bonds is 3. The summed E-state index contributed by atoms with van der Waals surface area (Å²) >= 11 is 0. The monoisotopic (exact) mass is 234 g/mol. The van der Waals surface area contributed by atoms with E-state index in [0.29, 0.717) is 12.5 Å². The van der Waals surface area contributed by atoms with E-state index in [2.05, 4.69) is 44.0 Å². The van der Waals surface area contributed by atoms with Crippen molar-refractivity contribution in [1.82, 2.24) is 0 Å². The van der Waals surface area contributed by atoms with Crippen molar-refractivity contribution in [2.75, 3.05) is 25.0 Å². The molecule has 0 saturated carbocycles. The van der Waals surface area contributed by atoms with Gasteiger partial charge in [-0.15, -0.1) is 0 Å². The Kier molecular flexibility index (Phi) is 3.57. The minimum absolute atomic E-state index is 0.285. The maximum Gasteiger partial charge on any atom is 0.143 e. The Morgan fingerprint density at radius 1 is 1.47 bits per heavy atom. The molecule has 94 valence electrons. The number of hydrogen-bond donors (Lipinski definition) is 1. The maximum atomic E-state index is 6.02. The van der Waals surface area contributed by atoms with Gasteiger partial charge in [-0.25, -0.2) is 0 Å². The van der Waals surface area contributed by atoms with E-state index in [1.165, 1.54) is 11.3 Å². The summed E-state index contributed by atoms with van der Waals surface area (Å²) in [4.78, 5) is 2.28. The molecule has 1 heterocycles. The predicted octanol–water partition coefficient (Wildman–Crippen LogP) is 2.04. The minimum atomic E-state index is 0.285. The first-order chi connectivity index (χ1) is 8.11. The fourth-order valence-corrected chi connectivity index (χ4v) is 2.20. The number of ether oxygens (including phenoxy) is 1. The Labute approximate surface area is 104 Å². The van der Waals surface area contributed by atoms with Gasteiger partial charge >= 0.3 is 0 Å². The van der Waals surface area contributed by atoms with Crippen LogP contribution in [0.15, 0.2) is 18.2 Å². The lowest BCUT2D eigenvalue weighted by atomic mass is 10.0. The van der Waals surface area contributed by atoms with Crippen LogP contribution in [0.25, 0.3) is 0 Å². The van der Waals surface area contributed by atoms with Crippen molar-refractivity contribution in [2.24, 2.45) is 11.7 Å². The molecule has 1 atom stereocenters. The number of nitrogens with two attached hydrogens (primary N) is 1. The summed E-state index contributed by atoms with van der Waals surface area (Å²) in [7, 11) is 2.13. The zero-order valence-corrected chi connectivity index (χ0v) is 10.9. The van der Waals surface area contributed by atoms with Crippen molar-refractivity contribution in [1.29, 1.82) is 0 Å². The molecule has 2 N–H and O–H groups in total. The first-order valence-electron chi connectivity index (χ1n) is 6.32. The number of benzene rings is 1. The number of anilines is 1. The van der Waals surface area contributed by atoms with Crippen LogP contribution in [0, 0.1) is 5.92 Å². The molecule has 1 unspecified atom stereocenters. The molecule has 17 heavy (non-hydrogen) atoms. The van der Waals surface area contributed by atoms with Crippen molar-refractivity contribution in [2.45, 2.75) is 26.4 Å². The SMILES string of the molecule is CC(C)C1CN(C)c2cc(CCN)ccc2O1. The van der Waals surface area contributed by atoms with Crippen LogP contribution in [0.2, 0.25) is 0 Å². The van der Waals surface area contributed by atoms with E-state index < -0.39 is 0 Å². The highest BCUT2D eigenvalue weighted by Gasteiger charge is 2.25. The fraction of sp³-hybridized carbons (Fsp3) is 0.571. The van der Waals surface area contributed by atoms with Gasteiger partial charge in [0.15, 0.2) is 0 Å². The van der Waals surface area contributed by atoms with Crippen molar-refractivity contribution >= 4 is 5.69 Å². The van der Waals surface area contributed by atoms with Crippen LogP contribution in [0.5, 0.6) is 5.75 Å². The Balaban J connectivity index is 2.25. The molecule has 3 nitrogen and oxygen atoms in total. The highest BCUT2D eigenvalue weighted by Crippen LogP contribution is 2.34. The second kappa shape index (κ2) is 4.96. The van der Waals surface area contributed by atoms with Crippen molar-refractivity contribution in [3.05, 3.63) is 23.8 Å². The van der Waals surface area contributed by atoms with Crippen LogP contribution in [-0.4, -0.2) is 26.2 Å². The summed E-state index contributed by atoms with van der Waals surface area (Å²) in [5.41, 5.74) is 8.06. The number of hydrogen-bond acceptors (Lipinski definition) is 3. The molecular formula is C14H22N2O. The lowest BCUT2D eigenvalue weighted by Gasteiger charge is -2.36. The summed E-state index contributed by atoms with van der Waals surface area (Å²) in [6, 6.07) is 6.38. The standard InChI is InChI=1S/C14H22N2O/c1-10(2)14-9-16(3)12-8-11(6-7-15)4-5-13(12)17-14/h4-5,8,10,14H,6-7,9,15H2,1-3H3. The van der Waals surface area contributed by atoms with Gasteiger partial charge in [0.05, 0.1) is 12.2 Å². The minimum Gasteiger partial charge on any atom is -0.486 e. The van der Waals surface area contributed by atoms with E-state index in [1.807, 2.05) is 0 Å². The van der Waals surface area contributed by atoms with Crippen LogP contribution in [0.4, 0.5) is 5.69 Å². The molecule has 1 aromatic carbocycles. The van der Waals surface area contributed by atoms with Crippen LogP contribution in [0.1, 0.15) is 19.4 Å². The lowest BCUT2D eigenvalue weighted by molar-refractivity contribution is 0.147. The molecule has 0 spiro atoms. The maximum absolute atomic E-state index is 6.02. The number of likely N-dealkylation sites (N-methyl/N-ethyl adjacent to an activating group) is 1. The fourth-order valence-electron chi connectivity index (χ4n) is 2.20. The Hall–Kier alpha value is -1.22. The van der Waals surface area contributed by atoms with E-state index in [0.717, 1.165) is 18.7 Å². The molecule has 0 aromatic heterocycles. The first kappa shape index (κ1) is 12.2. The molecule has 0 radical (unpaired) electrons. The van der Waals surface area contributed by atoms with Gasteiger partial charge in [0.25, 0.3) is 0 Å². The van der Waals surface area contributed by atoms with Crippen LogP contribution in [0.3, 0.4) is 0 Å². The van der Waals surface area contributed by atoms with Crippen LogP contribution in [-0.2, 0) is 6.42 Å². The molecule has 2 rings (SSSR count). The van der Waals surface area contributed by atoms with Gasteiger partial charge < -0.3 is 15.4 Å². The zero-order valence-electron chi connectivity index (χ0n) is 10.9. The molecule has 0 amide bonds. The smallest absolute Gasteiger partial charge is 0.143 e. The summed E-state index contributed by atoms with van der Waals surface area (Å²) < 4.78 is 6.02. The van der Waals surface area contributed by atoms with E-state index >= 15 is 0 Å². The molecule has 1 aliphatic heterocycles. The second-order valence-corrected chi connectivity index (χ2v) is 5.12. The van der Waals surface area contributed by atoms with Crippen molar-refractivity contribution in [3.8, 4) is 5.75 Å². The average molecular weight is 234 g/mol. The van der Waals surface area contributed by atoms with Crippen LogP contribution >= 0.6 is 0 Å². The van der Waals surface area contributed by atoms with Gasteiger partial charge in [-0.2, -0.15) is 0 Å². The summed E-state index contributed by atoms with van der Waals surface area (Å²) in [5, 5.41) is 0. The third-order valence-electron chi connectivity index (χ3n) is 3.34. The van der Waals surface area contributed by atoms with E-state index in [9.17, 15) is 0 Å². The van der Waals surface area contributed by atoms with Gasteiger partial charge in [0.2, 0.25) is 0 Å². The second-order valence-electron chi connectivity index (χ2n) is 5.12. The molecule has 1 aromatic rings. The topological polar surface area (TPSA) is 38.5 Å². The van der Waals surface area contributed by atoms with Crippen LogP contribution < -0.4 is 15.4 Å². The van der Waals surface area contributed by atoms with E-state index in [-0.39, 0.29) is 6.10 Å². The Bertz CT molecular complexity index is 390. The van der Waals surface area contributed by atoms with Gasteiger partial charge in [-0.05, 0) is 36.6 Å². The largest absolute Gasteiger partial charge is 0.486 e. The van der Waals surface area contributed by atoms with Gasteiger partial charge in [-0.3, -0.25) is 0 Å².